The second kappa shape index (κ2) is 8.52. The Hall–Kier alpha value is -2.73. The van der Waals surface area contributed by atoms with Crippen LogP contribution in [0.5, 0.6) is 11.5 Å². The fourth-order valence-electron chi connectivity index (χ4n) is 3.14. The van der Waals surface area contributed by atoms with E-state index >= 15 is 0 Å². The summed E-state index contributed by atoms with van der Waals surface area (Å²) in [5, 5.41) is 0.155. The van der Waals surface area contributed by atoms with Crippen molar-refractivity contribution in [3.8, 4) is 11.5 Å². The number of hydrogen-bond donors (Lipinski definition) is 0. The summed E-state index contributed by atoms with van der Waals surface area (Å²) in [5.41, 5.74) is 1.81. The van der Waals surface area contributed by atoms with Crippen molar-refractivity contribution in [2.24, 2.45) is 0 Å². The number of hydrogen-bond acceptors (Lipinski definition) is 5. The standard InChI is InChI=1S/C22H23NO4S/c1-14(2)28-20-19(16-10-6-8-12-18(16)27-4)21(24)23(22(20)25)13-15-9-5-7-11-17(15)26-3/h5-12,14H,13H2,1-4H3. The SMILES string of the molecule is COc1ccccc1CN1C(=O)C(SC(C)C)=C(c2ccccc2OC)C1=O. The van der Waals surface area contributed by atoms with Crippen LogP contribution in [0.15, 0.2) is 53.4 Å². The highest BCUT2D eigenvalue weighted by atomic mass is 32.2. The Morgan fingerprint density at radius 1 is 0.893 bits per heavy atom. The molecule has 0 saturated heterocycles. The minimum atomic E-state index is -0.316. The molecule has 0 aliphatic carbocycles. The van der Waals surface area contributed by atoms with Crippen molar-refractivity contribution in [2.45, 2.75) is 25.6 Å². The highest BCUT2D eigenvalue weighted by Gasteiger charge is 2.40. The zero-order chi connectivity index (χ0) is 20.3. The number of thioether (sulfide) groups is 1. The number of benzene rings is 2. The lowest BCUT2D eigenvalue weighted by Crippen LogP contribution is -2.31. The van der Waals surface area contributed by atoms with Gasteiger partial charge in [-0.15, -0.1) is 11.8 Å². The summed E-state index contributed by atoms with van der Waals surface area (Å²) >= 11 is 1.40. The van der Waals surface area contributed by atoms with Crippen molar-refractivity contribution < 1.29 is 19.1 Å². The molecule has 6 heteroatoms. The molecule has 0 spiro atoms. The van der Waals surface area contributed by atoms with Gasteiger partial charge in [-0.3, -0.25) is 14.5 Å². The van der Waals surface area contributed by atoms with Crippen LogP contribution in [0.2, 0.25) is 0 Å². The molecule has 0 saturated carbocycles. The molecule has 0 aromatic heterocycles. The Labute approximate surface area is 169 Å². The first-order valence-electron chi connectivity index (χ1n) is 9.00. The summed E-state index contributed by atoms with van der Waals surface area (Å²) in [7, 11) is 3.13. The minimum Gasteiger partial charge on any atom is -0.496 e. The van der Waals surface area contributed by atoms with Gasteiger partial charge in [0.2, 0.25) is 0 Å². The Morgan fingerprint density at radius 3 is 2.14 bits per heavy atom. The second-order valence-corrected chi connectivity index (χ2v) is 8.17. The molecule has 1 aliphatic heterocycles. The van der Waals surface area contributed by atoms with Crippen molar-refractivity contribution in [2.75, 3.05) is 14.2 Å². The van der Waals surface area contributed by atoms with Crippen molar-refractivity contribution in [1.29, 1.82) is 0 Å². The average Bonchev–Trinajstić information content (AvgIpc) is 2.92. The van der Waals surface area contributed by atoms with Crippen LogP contribution >= 0.6 is 11.8 Å². The highest BCUT2D eigenvalue weighted by Crippen LogP contribution is 2.41. The third-order valence-corrected chi connectivity index (χ3v) is 5.46. The van der Waals surface area contributed by atoms with Crippen molar-refractivity contribution in [1.82, 2.24) is 4.90 Å². The molecule has 0 N–H and O–H groups in total. The van der Waals surface area contributed by atoms with Crippen molar-refractivity contribution in [3.63, 3.8) is 0 Å². The van der Waals surface area contributed by atoms with E-state index in [2.05, 4.69) is 0 Å². The van der Waals surface area contributed by atoms with Gasteiger partial charge in [-0.1, -0.05) is 50.2 Å². The van der Waals surface area contributed by atoms with E-state index < -0.39 is 0 Å². The van der Waals surface area contributed by atoms with Crippen LogP contribution in [0.4, 0.5) is 0 Å². The summed E-state index contributed by atoms with van der Waals surface area (Å²) in [5.74, 6) is 0.616. The van der Waals surface area contributed by atoms with E-state index in [1.165, 1.54) is 16.7 Å². The molecule has 146 valence electrons. The number of methoxy groups -OCH3 is 2. The normalized spacial score (nSPS) is 14.2. The van der Waals surface area contributed by atoms with E-state index in [-0.39, 0.29) is 23.6 Å². The van der Waals surface area contributed by atoms with Gasteiger partial charge >= 0.3 is 0 Å². The largest absolute Gasteiger partial charge is 0.496 e. The van der Waals surface area contributed by atoms with Crippen LogP contribution in [0.25, 0.3) is 5.57 Å². The number of imide groups is 1. The minimum absolute atomic E-state index is 0.155. The molecular weight excluding hydrogens is 374 g/mol. The number of amides is 2. The van der Waals surface area contributed by atoms with Crippen LogP contribution in [0.1, 0.15) is 25.0 Å². The molecule has 0 bridgehead atoms. The zero-order valence-electron chi connectivity index (χ0n) is 16.4. The number of nitrogens with zero attached hydrogens (tertiary/aromatic N) is 1. The molecule has 1 heterocycles. The number of carbonyl (C=O) groups excluding carboxylic acids is 2. The average molecular weight is 397 g/mol. The predicted molar refractivity (Wildman–Crippen MR) is 111 cm³/mol. The van der Waals surface area contributed by atoms with E-state index in [1.54, 1.807) is 20.3 Å². The maximum atomic E-state index is 13.3. The van der Waals surface area contributed by atoms with Gasteiger partial charge < -0.3 is 9.47 Å². The summed E-state index contributed by atoms with van der Waals surface area (Å²) in [6.45, 7) is 4.15. The van der Waals surface area contributed by atoms with Gasteiger partial charge in [0, 0.05) is 16.4 Å². The van der Waals surface area contributed by atoms with Crippen LogP contribution < -0.4 is 9.47 Å². The molecule has 0 fully saturated rings. The third-order valence-electron chi connectivity index (χ3n) is 4.38. The van der Waals surface area contributed by atoms with Crippen LogP contribution in [0.3, 0.4) is 0 Å². The Balaban J connectivity index is 2.05. The van der Waals surface area contributed by atoms with Gasteiger partial charge in [-0.25, -0.2) is 0 Å². The van der Waals surface area contributed by atoms with Crippen LogP contribution in [-0.4, -0.2) is 36.2 Å². The molecule has 0 atom stereocenters. The van der Waals surface area contributed by atoms with E-state index in [9.17, 15) is 9.59 Å². The number of rotatable bonds is 7. The lowest BCUT2D eigenvalue weighted by molar-refractivity contribution is -0.137. The van der Waals surface area contributed by atoms with Crippen LogP contribution in [0, 0.1) is 0 Å². The number of para-hydroxylation sites is 2. The molecule has 2 amide bonds. The van der Waals surface area contributed by atoms with Gasteiger partial charge in [-0.05, 0) is 12.1 Å². The molecule has 0 radical (unpaired) electrons. The second-order valence-electron chi connectivity index (χ2n) is 6.58. The maximum Gasteiger partial charge on any atom is 0.268 e. The quantitative estimate of drug-likeness (QED) is 0.658. The van der Waals surface area contributed by atoms with Crippen LogP contribution in [-0.2, 0) is 16.1 Å². The maximum absolute atomic E-state index is 13.3. The smallest absolute Gasteiger partial charge is 0.268 e. The fourth-order valence-corrected chi connectivity index (χ4v) is 4.13. The Kier molecular flexibility index (Phi) is 6.09. The van der Waals surface area contributed by atoms with Gasteiger partial charge in [0.1, 0.15) is 11.5 Å². The fraction of sp³-hybridized carbons (Fsp3) is 0.273. The van der Waals surface area contributed by atoms with E-state index in [1.807, 2.05) is 56.3 Å². The monoisotopic (exact) mass is 397 g/mol. The molecule has 5 nitrogen and oxygen atoms in total. The van der Waals surface area contributed by atoms with Gasteiger partial charge in [0.15, 0.2) is 0 Å². The summed E-state index contributed by atoms with van der Waals surface area (Å²) in [6.07, 6.45) is 0. The molecule has 2 aromatic carbocycles. The molecule has 28 heavy (non-hydrogen) atoms. The van der Waals surface area contributed by atoms with E-state index in [0.717, 1.165) is 5.56 Å². The first-order valence-corrected chi connectivity index (χ1v) is 9.88. The van der Waals surface area contributed by atoms with Gasteiger partial charge in [0.05, 0.1) is 31.2 Å². The van der Waals surface area contributed by atoms with Crippen molar-refractivity contribution >= 4 is 29.1 Å². The Bertz CT molecular complexity index is 936. The zero-order valence-corrected chi connectivity index (χ0v) is 17.2. The lowest BCUT2D eigenvalue weighted by Gasteiger charge is -2.17. The lowest BCUT2D eigenvalue weighted by atomic mass is 10.0. The molecule has 2 aromatic rings. The summed E-state index contributed by atoms with van der Waals surface area (Å²) < 4.78 is 10.8. The summed E-state index contributed by atoms with van der Waals surface area (Å²) in [4.78, 5) is 28.2. The molecular formula is C22H23NO4S. The van der Waals surface area contributed by atoms with Gasteiger partial charge in [-0.2, -0.15) is 0 Å². The third kappa shape index (κ3) is 3.78. The summed E-state index contributed by atoms with van der Waals surface area (Å²) in [6, 6.07) is 14.7. The topological polar surface area (TPSA) is 55.8 Å². The molecule has 3 rings (SSSR count). The first-order chi connectivity index (χ1) is 13.5. The van der Waals surface area contributed by atoms with E-state index in [0.29, 0.717) is 27.5 Å². The predicted octanol–water partition coefficient (Wildman–Crippen LogP) is 4.13. The van der Waals surface area contributed by atoms with Gasteiger partial charge in [0.25, 0.3) is 11.8 Å². The molecule has 1 aliphatic rings. The van der Waals surface area contributed by atoms with Crippen molar-refractivity contribution in [3.05, 3.63) is 64.6 Å². The number of carbonyl (C=O) groups is 2. The Morgan fingerprint density at radius 2 is 1.50 bits per heavy atom. The highest BCUT2D eigenvalue weighted by molar-refractivity contribution is 8.04. The number of ether oxygens (including phenoxy) is 2. The first kappa shape index (κ1) is 20.0. The van der Waals surface area contributed by atoms with E-state index in [4.69, 9.17) is 9.47 Å². The molecule has 0 unspecified atom stereocenters.